The lowest BCUT2D eigenvalue weighted by atomic mass is 10.1. The number of likely N-dealkylation sites (N-methyl/N-ethyl adjacent to an activating group) is 1. The molecule has 2 aromatic carbocycles. The van der Waals surface area contributed by atoms with Crippen molar-refractivity contribution < 1.29 is 15.0 Å². The van der Waals surface area contributed by atoms with E-state index in [1.807, 2.05) is 36.4 Å². The summed E-state index contributed by atoms with van der Waals surface area (Å²) >= 11 is 0. The SMILES string of the molecule is CCCc1cc(N(C)CC(C)Oc2ccc(OC)cc2)ccc1N=[NH2+]. The molecule has 25 heavy (non-hydrogen) atoms. The average Bonchev–Trinajstić information content (AvgIpc) is 2.62. The molecule has 2 rings (SSSR count). The first kappa shape index (κ1) is 18.8. The Bertz CT molecular complexity index is 686. The molecule has 2 aromatic rings. The van der Waals surface area contributed by atoms with Crippen molar-refractivity contribution >= 4 is 11.4 Å². The van der Waals surface area contributed by atoms with Gasteiger partial charge in [0.2, 0.25) is 0 Å². The Morgan fingerprint density at radius 1 is 1.12 bits per heavy atom. The van der Waals surface area contributed by atoms with Crippen LogP contribution < -0.4 is 19.9 Å². The minimum Gasteiger partial charge on any atom is -0.497 e. The summed E-state index contributed by atoms with van der Waals surface area (Å²) in [6.45, 7) is 5.00. The maximum absolute atomic E-state index is 5.99. The fourth-order valence-electron chi connectivity index (χ4n) is 2.82. The number of rotatable bonds is 9. The van der Waals surface area contributed by atoms with E-state index in [-0.39, 0.29) is 6.10 Å². The Balaban J connectivity index is 2.01. The van der Waals surface area contributed by atoms with Crippen molar-refractivity contribution in [3.8, 4) is 11.5 Å². The molecule has 0 saturated heterocycles. The highest BCUT2D eigenvalue weighted by Crippen LogP contribution is 2.26. The number of methoxy groups -OCH3 is 1. The van der Waals surface area contributed by atoms with E-state index in [1.165, 1.54) is 5.56 Å². The van der Waals surface area contributed by atoms with Gasteiger partial charge in [0.1, 0.15) is 23.3 Å². The molecule has 0 heterocycles. The van der Waals surface area contributed by atoms with Crippen LogP contribution in [0.15, 0.2) is 47.6 Å². The minimum absolute atomic E-state index is 0.0480. The summed E-state index contributed by atoms with van der Waals surface area (Å²) in [6, 6.07) is 13.8. The largest absolute Gasteiger partial charge is 0.497 e. The van der Waals surface area contributed by atoms with Crippen LogP contribution in [0.4, 0.5) is 11.4 Å². The second kappa shape index (κ2) is 9.06. The van der Waals surface area contributed by atoms with Gasteiger partial charge in [0.05, 0.1) is 13.7 Å². The number of anilines is 1. The third-order valence-corrected chi connectivity index (χ3v) is 4.09. The predicted molar refractivity (Wildman–Crippen MR) is 101 cm³/mol. The van der Waals surface area contributed by atoms with Crippen molar-refractivity contribution in [2.45, 2.75) is 32.8 Å². The van der Waals surface area contributed by atoms with Gasteiger partial charge in [0, 0.05) is 12.7 Å². The number of ether oxygens (including phenoxy) is 2. The first-order valence-electron chi connectivity index (χ1n) is 8.63. The minimum atomic E-state index is 0.0480. The lowest BCUT2D eigenvalue weighted by molar-refractivity contribution is -0.210. The van der Waals surface area contributed by atoms with E-state index < -0.39 is 0 Å². The van der Waals surface area contributed by atoms with Gasteiger partial charge in [-0.2, -0.15) is 5.53 Å². The summed E-state index contributed by atoms with van der Waals surface area (Å²) in [5.41, 5.74) is 8.66. The van der Waals surface area contributed by atoms with Crippen molar-refractivity contribution in [3.63, 3.8) is 0 Å². The molecule has 0 spiro atoms. The van der Waals surface area contributed by atoms with Gasteiger partial charge in [-0.3, -0.25) is 0 Å². The van der Waals surface area contributed by atoms with Crippen LogP contribution in [0.25, 0.3) is 0 Å². The van der Waals surface area contributed by atoms with E-state index in [2.05, 4.69) is 37.0 Å². The normalized spacial score (nSPS) is 11.7. The number of hydrogen-bond donors (Lipinski definition) is 1. The molecular formula is C20H28N3O2+. The monoisotopic (exact) mass is 342 g/mol. The third-order valence-electron chi connectivity index (χ3n) is 4.09. The molecule has 0 aromatic heterocycles. The molecule has 0 radical (unpaired) electrons. The zero-order valence-electron chi connectivity index (χ0n) is 15.5. The number of hydrogen-bond acceptors (Lipinski definition) is 4. The molecule has 5 heteroatoms. The fraction of sp³-hybridized carbons (Fsp3) is 0.400. The van der Waals surface area contributed by atoms with E-state index in [0.29, 0.717) is 0 Å². The molecule has 0 amide bonds. The Morgan fingerprint density at radius 2 is 1.80 bits per heavy atom. The average molecular weight is 342 g/mol. The van der Waals surface area contributed by atoms with E-state index in [9.17, 15) is 0 Å². The van der Waals surface area contributed by atoms with Gasteiger partial charge < -0.3 is 14.4 Å². The zero-order chi connectivity index (χ0) is 18.2. The standard InChI is InChI=1S/C20H27N3O2/c1-5-6-16-13-17(7-12-20(16)22-21)23(3)14-15(2)25-19-10-8-18(24-4)9-11-19/h7-13,15,21H,5-6,14H2,1-4H3/p+1. The Kier molecular flexibility index (Phi) is 6.81. The molecule has 1 atom stereocenters. The van der Waals surface area contributed by atoms with Crippen molar-refractivity contribution in [3.05, 3.63) is 48.0 Å². The zero-order valence-corrected chi connectivity index (χ0v) is 15.5. The summed E-state index contributed by atoms with van der Waals surface area (Å²) in [6.07, 6.45) is 2.08. The summed E-state index contributed by atoms with van der Waals surface area (Å²) in [5.74, 6) is 1.66. The Morgan fingerprint density at radius 3 is 2.40 bits per heavy atom. The van der Waals surface area contributed by atoms with Gasteiger partial charge in [0.15, 0.2) is 0 Å². The number of aryl methyl sites for hydroxylation is 1. The van der Waals surface area contributed by atoms with Crippen LogP contribution in [0.1, 0.15) is 25.8 Å². The van der Waals surface area contributed by atoms with Crippen LogP contribution in [0, 0.1) is 0 Å². The lowest BCUT2D eigenvalue weighted by Gasteiger charge is -2.25. The quantitative estimate of drug-likeness (QED) is 0.711. The van der Waals surface area contributed by atoms with Crippen LogP contribution in [-0.4, -0.2) is 26.8 Å². The maximum Gasteiger partial charge on any atom is 0.133 e. The number of nitrogens with zero attached hydrogens (tertiary/aromatic N) is 2. The highest BCUT2D eigenvalue weighted by molar-refractivity contribution is 5.57. The van der Waals surface area contributed by atoms with Gasteiger partial charge in [-0.15, -0.1) is 0 Å². The van der Waals surface area contributed by atoms with Crippen molar-refractivity contribution in [2.75, 3.05) is 25.6 Å². The van der Waals surface area contributed by atoms with Gasteiger partial charge in [-0.05, 0) is 66.5 Å². The molecule has 0 bridgehead atoms. The van der Waals surface area contributed by atoms with Crippen molar-refractivity contribution in [2.24, 2.45) is 5.11 Å². The van der Waals surface area contributed by atoms with E-state index >= 15 is 0 Å². The van der Waals surface area contributed by atoms with Gasteiger partial charge in [-0.25, -0.2) is 0 Å². The summed E-state index contributed by atoms with van der Waals surface area (Å²) < 4.78 is 11.2. The molecule has 0 saturated carbocycles. The van der Waals surface area contributed by atoms with Crippen LogP contribution in [0.2, 0.25) is 0 Å². The van der Waals surface area contributed by atoms with Gasteiger partial charge in [-0.1, -0.05) is 13.3 Å². The molecule has 0 aliphatic carbocycles. The van der Waals surface area contributed by atoms with Gasteiger partial charge >= 0.3 is 0 Å². The highest BCUT2D eigenvalue weighted by atomic mass is 16.5. The Labute approximate surface area is 150 Å². The molecule has 1 unspecified atom stereocenters. The smallest absolute Gasteiger partial charge is 0.133 e. The lowest BCUT2D eigenvalue weighted by Crippen LogP contribution is -2.31. The summed E-state index contributed by atoms with van der Waals surface area (Å²) in [5, 5.41) is 3.87. The molecular weight excluding hydrogens is 314 g/mol. The number of benzene rings is 2. The fourth-order valence-corrected chi connectivity index (χ4v) is 2.82. The second-order valence-electron chi connectivity index (χ2n) is 6.18. The van der Waals surface area contributed by atoms with Crippen LogP contribution in [0.5, 0.6) is 11.5 Å². The topological polar surface area (TPSA) is 59.7 Å². The third kappa shape index (κ3) is 5.21. The first-order chi connectivity index (χ1) is 12.1. The first-order valence-corrected chi connectivity index (χ1v) is 8.63. The molecule has 0 aliphatic heterocycles. The van der Waals surface area contributed by atoms with Crippen LogP contribution >= 0.6 is 0 Å². The van der Waals surface area contributed by atoms with E-state index in [1.54, 1.807) is 7.11 Å². The van der Waals surface area contributed by atoms with E-state index in [0.717, 1.165) is 42.3 Å². The van der Waals surface area contributed by atoms with Gasteiger partial charge in [0.25, 0.3) is 0 Å². The van der Waals surface area contributed by atoms with Crippen LogP contribution in [-0.2, 0) is 6.42 Å². The van der Waals surface area contributed by atoms with Crippen molar-refractivity contribution in [1.82, 2.24) is 0 Å². The summed E-state index contributed by atoms with van der Waals surface area (Å²) in [4.78, 5) is 2.19. The van der Waals surface area contributed by atoms with E-state index in [4.69, 9.17) is 15.0 Å². The summed E-state index contributed by atoms with van der Waals surface area (Å²) in [7, 11) is 3.72. The number of nitrogens with two attached hydrogens (primary N) is 1. The predicted octanol–water partition coefficient (Wildman–Crippen LogP) is 3.39. The molecule has 0 aliphatic rings. The van der Waals surface area contributed by atoms with Crippen LogP contribution in [0.3, 0.4) is 0 Å². The highest BCUT2D eigenvalue weighted by Gasteiger charge is 2.12. The molecule has 5 nitrogen and oxygen atoms in total. The Hall–Kier alpha value is -2.56. The second-order valence-corrected chi connectivity index (χ2v) is 6.18. The molecule has 134 valence electrons. The molecule has 2 N–H and O–H groups in total. The van der Waals surface area contributed by atoms with Crippen molar-refractivity contribution in [1.29, 1.82) is 0 Å². The maximum atomic E-state index is 5.99. The molecule has 0 fully saturated rings.